The molecule has 0 aliphatic heterocycles. The largest absolute Gasteiger partial charge is 0.464 e. The highest BCUT2D eigenvalue weighted by atomic mass is 16.6. The minimum atomic E-state index is -1.52. The van der Waals surface area contributed by atoms with Crippen molar-refractivity contribution in [2.24, 2.45) is 0 Å². The molecule has 0 saturated carbocycles. The summed E-state index contributed by atoms with van der Waals surface area (Å²) in [4.78, 5) is 23.7. The van der Waals surface area contributed by atoms with E-state index >= 15 is 0 Å². The van der Waals surface area contributed by atoms with Crippen LogP contribution in [-0.4, -0.2) is 35.5 Å². The van der Waals surface area contributed by atoms with E-state index in [2.05, 4.69) is 5.32 Å². The SMILES string of the molecule is CCOC(=O)[C@H](O)[C@H](NC(=O)OC(C)(C)C)c1ccccc1. The molecule has 1 aromatic carbocycles. The molecule has 0 saturated heterocycles. The molecule has 0 aliphatic rings. The number of hydrogen-bond donors (Lipinski definition) is 2. The average molecular weight is 309 g/mol. The van der Waals surface area contributed by atoms with E-state index < -0.39 is 29.8 Å². The first-order valence-corrected chi connectivity index (χ1v) is 7.13. The molecule has 1 aromatic rings. The van der Waals surface area contributed by atoms with Gasteiger partial charge in [0.15, 0.2) is 6.10 Å². The summed E-state index contributed by atoms with van der Waals surface area (Å²) < 4.78 is 9.97. The van der Waals surface area contributed by atoms with Gasteiger partial charge < -0.3 is 19.9 Å². The molecule has 0 fully saturated rings. The lowest BCUT2D eigenvalue weighted by atomic mass is 10.0. The number of ether oxygens (including phenoxy) is 2. The Balaban J connectivity index is 2.93. The molecule has 0 heterocycles. The van der Waals surface area contributed by atoms with Crippen LogP contribution in [0.5, 0.6) is 0 Å². The van der Waals surface area contributed by atoms with Crippen molar-refractivity contribution in [3.05, 3.63) is 35.9 Å². The van der Waals surface area contributed by atoms with Gasteiger partial charge >= 0.3 is 12.1 Å². The number of aliphatic hydroxyl groups is 1. The van der Waals surface area contributed by atoms with Crippen molar-refractivity contribution in [2.75, 3.05) is 6.61 Å². The molecule has 0 unspecified atom stereocenters. The fourth-order valence-electron chi connectivity index (χ4n) is 1.80. The highest BCUT2D eigenvalue weighted by Gasteiger charge is 2.31. The molecule has 0 radical (unpaired) electrons. The van der Waals surface area contributed by atoms with Crippen LogP contribution < -0.4 is 5.32 Å². The molecular formula is C16H23NO5. The maximum atomic E-state index is 11.9. The first kappa shape index (κ1) is 18.0. The molecule has 6 heteroatoms. The molecule has 0 bridgehead atoms. The Hall–Kier alpha value is -2.08. The average Bonchev–Trinajstić information content (AvgIpc) is 2.43. The van der Waals surface area contributed by atoms with Crippen molar-refractivity contribution in [3.63, 3.8) is 0 Å². The van der Waals surface area contributed by atoms with Gasteiger partial charge in [-0.3, -0.25) is 0 Å². The van der Waals surface area contributed by atoms with E-state index in [9.17, 15) is 14.7 Å². The Morgan fingerprint density at radius 1 is 1.23 bits per heavy atom. The monoisotopic (exact) mass is 309 g/mol. The fraction of sp³-hybridized carbons (Fsp3) is 0.500. The van der Waals surface area contributed by atoms with Crippen LogP contribution in [0, 0.1) is 0 Å². The number of aliphatic hydroxyl groups excluding tert-OH is 1. The third-order valence-corrected chi connectivity index (χ3v) is 2.67. The number of nitrogens with one attached hydrogen (secondary N) is 1. The molecule has 2 N–H and O–H groups in total. The Kier molecular flexibility index (Phi) is 6.37. The van der Waals surface area contributed by atoms with Crippen molar-refractivity contribution in [1.29, 1.82) is 0 Å². The summed E-state index contributed by atoms with van der Waals surface area (Å²) in [7, 11) is 0. The standard InChI is InChI=1S/C16H23NO5/c1-5-21-14(19)13(18)12(11-9-7-6-8-10-11)17-15(20)22-16(2,3)4/h6-10,12-13,18H,5H2,1-4H3,(H,17,20)/t12-,13-/m1/s1. The summed E-state index contributed by atoms with van der Waals surface area (Å²) in [6.45, 7) is 6.97. The van der Waals surface area contributed by atoms with Gasteiger partial charge in [0.25, 0.3) is 0 Å². The van der Waals surface area contributed by atoms with Gasteiger partial charge in [-0.05, 0) is 33.3 Å². The Bertz CT molecular complexity index is 495. The minimum absolute atomic E-state index is 0.143. The summed E-state index contributed by atoms with van der Waals surface area (Å²) >= 11 is 0. The first-order chi connectivity index (χ1) is 10.2. The van der Waals surface area contributed by atoms with E-state index in [0.717, 1.165) is 0 Å². The van der Waals surface area contributed by atoms with Crippen LogP contribution in [0.25, 0.3) is 0 Å². The maximum Gasteiger partial charge on any atom is 0.408 e. The highest BCUT2D eigenvalue weighted by Crippen LogP contribution is 2.19. The number of esters is 1. The maximum absolute atomic E-state index is 11.9. The molecule has 0 aliphatic carbocycles. The molecule has 0 aromatic heterocycles. The van der Waals surface area contributed by atoms with Crippen LogP contribution in [0.15, 0.2) is 30.3 Å². The van der Waals surface area contributed by atoms with Crippen molar-refractivity contribution < 1.29 is 24.2 Å². The molecule has 1 rings (SSSR count). The second kappa shape index (κ2) is 7.79. The van der Waals surface area contributed by atoms with Gasteiger partial charge in [0, 0.05) is 0 Å². The Morgan fingerprint density at radius 3 is 2.32 bits per heavy atom. The number of rotatable bonds is 5. The zero-order valence-corrected chi connectivity index (χ0v) is 13.3. The van der Waals surface area contributed by atoms with Crippen molar-refractivity contribution >= 4 is 12.1 Å². The van der Waals surface area contributed by atoms with Gasteiger partial charge in [0.2, 0.25) is 0 Å². The second-order valence-electron chi connectivity index (χ2n) is 5.73. The Labute approximate surface area is 130 Å². The van der Waals surface area contributed by atoms with E-state index in [1.165, 1.54) is 0 Å². The second-order valence-corrected chi connectivity index (χ2v) is 5.73. The molecular weight excluding hydrogens is 286 g/mol. The predicted molar refractivity (Wildman–Crippen MR) is 81.2 cm³/mol. The lowest BCUT2D eigenvalue weighted by Crippen LogP contribution is -2.43. The van der Waals surface area contributed by atoms with Crippen LogP contribution in [0.1, 0.15) is 39.3 Å². The van der Waals surface area contributed by atoms with Gasteiger partial charge in [0.05, 0.1) is 12.6 Å². The van der Waals surface area contributed by atoms with Gasteiger partial charge in [0.1, 0.15) is 5.60 Å². The molecule has 2 atom stereocenters. The van der Waals surface area contributed by atoms with E-state index in [1.807, 2.05) is 0 Å². The fourth-order valence-corrected chi connectivity index (χ4v) is 1.80. The summed E-state index contributed by atoms with van der Waals surface area (Å²) in [5, 5.41) is 12.7. The van der Waals surface area contributed by atoms with Crippen LogP contribution in [0.4, 0.5) is 4.79 Å². The van der Waals surface area contributed by atoms with Crippen LogP contribution >= 0.6 is 0 Å². The third-order valence-electron chi connectivity index (χ3n) is 2.67. The van der Waals surface area contributed by atoms with Crippen molar-refractivity contribution in [3.8, 4) is 0 Å². The summed E-state index contributed by atoms with van der Waals surface area (Å²) in [6.07, 6.45) is -2.24. The number of hydrogen-bond acceptors (Lipinski definition) is 5. The number of carbonyl (C=O) groups excluding carboxylic acids is 2. The van der Waals surface area contributed by atoms with Crippen molar-refractivity contribution in [1.82, 2.24) is 5.32 Å². The predicted octanol–water partition coefficient (Wildman–Crippen LogP) is 2.18. The van der Waals surface area contributed by atoms with Crippen molar-refractivity contribution in [2.45, 2.75) is 45.4 Å². The molecule has 122 valence electrons. The molecule has 0 spiro atoms. The number of amides is 1. The molecule has 1 amide bonds. The normalized spacial score (nSPS) is 13.9. The van der Waals surface area contributed by atoms with Gasteiger partial charge in [-0.2, -0.15) is 0 Å². The van der Waals surface area contributed by atoms with Crippen LogP contribution in [0.3, 0.4) is 0 Å². The van der Waals surface area contributed by atoms with Gasteiger partial charge in [-0.25, -0.2) is 9.59 Å². The quantitative estimate of drug-likeness (QED) is 0.814. The summed E-state index contributed by atoms with van der Waals surface area (Å²) in [6, 6.07) is 7.74. The minimum Gasteiger partial charge on any atom is -0.464 e. The third kappa shape index (κ3) is 5.73. The molecule has 22 heavy (non-hydrogen) atoms. The first-order valence-electron chi connectivity index (χ1n) is 7.13. The number of benzene rings is 1. The zero-order valence-electron chi connectivity index (χ0n) is 13.3. The highest BCUT2D eigenvalue weighted by molar-refractivity contribution is 5.77. The van der Waals surface area contributed by atoms with E-state index in [0.29, 0.717) is 5.56 Å². The van der Waals surface area contributed by atoms with E-state index in [1.54, 1.807) is 58.0 Å². The molecule has 6 nitrogen and oxygen atoms in total. The van der Waals surface area contributed by atoms with E-state index in [-0.39, 0.29) is 6.61 Å². The smallest absolute Gasteiger partial charge is 0.408 e. The topological polar surface area (TPSA) is 84.9 Å². The lowest BCUT2D eigenvalue weighted by molar-refractivity contribution is -0.154. The van der Waals surface area contributed by atoms with E-state index in [4.69, 9.17) is 9.47 Å². The number of carbonyl (C=O) groups is 2. The van der Waals surface area contributed by atoms with Crippen LogP contribution in [-0.2, 0) is 14.3 Å². The van der Waals surface area contributed by atoms with Crippen LogP contribution in [0.2, 0.25) is 0 Å². The number of alkyl carbamates (subject to hydrolysis) is 1. The summed E-state index contributed by atoms with van der Waals surface area (Å²) in [5.74, 6) is -0.799. The summed E-state index contributed by atoms with van der Waals surface area (Å²) in [5.41, 5.74) is -0.103. The Morgan fingerprint density at radius 2 is 1.82 bits per heavy atom. The lowest BCUT2D eigenvalue weighted by Gasteiger charge is -2.26. The zero-order chi connectivity index (χ0) is 16.8. The van der Waals surface area contributed by atoms with Gasteiger partial charge in [-0.15, -0.1) is 0 Å². The van der Waals surface area contributed by atoms with Gasteiger partial charge in [-0.1, -0.05) is 30.3 Å².